The Labute approximate surface area is 152 Å². The van der Waals surface area contributed by atoms with Gasteiger partial charge in [-0.2, -0.15) is 13.2 Å². The molecule has 0 aliphatic carbocycles. The Bertz CT molecular complexity index is 693. The number of rotatable bonds is 7. The molecule has 0 unspecified atom stereocenters. The zero-order chi connectivity index (χ0) is 18.3. The first-order valence-electron chi connectivity index (χ1n) is 7.75. The monoisotopic (exact) mass is 391 g/mol. The van der Waals surface area contributed by atoms with Gasteiger partial charge in [0.2, 0.25) is 0 Å². The molecule has 138 valence electrons. The fourth-order valence-corrected chi connectivity index (χ4v) is 3.65. The highest BCUT2D eigenvalue weighted by atomic mass is 32.1. The van der Waals surface area contributed by atoms with Crippen molar-refractivity contribution in [2.75, 3.05) is 20.1 Å². The summed E-state index contributed by atoms with van der Waals surface area (Å²) in [6.45, 7) is 3.19. The summed E-state index contributed by atoms with van der Waals surface area (Å²) in [5.74, 6) is 0.628. The maximum Gasteiger partial charge on any atom is 0.434 e. The van der Waals surface area contributed by atoms with Crippen molar-refractivity contribution in [3.63, 3.8) is 0 Å². The number of halogens is 3. The molecule has 0 bridgehead atoms. The summed E-state index contributed by atoms with van der Waals surface area (Å²) in [6.07, 6.45) is -2.13. The summed E-state index contributed by atoms with van der Waals surface area (Å²) in [5, 5.41) is 10.9. The SMILES string of the molecule is CN=C(NCCCc1nc(C)cs1)NCCc1nc(C(F)(F)F)cs1. The van der Waals surface area contributed by atoms with E-state index >= 15 is 0 Å². The van der Waals surface area contributed by atoms with E-state index in [-0.39, 0.29) is 0 Å². The van der Waals surface area contributed by atoms with Crippen LogP contribution in [0.1, 0.15) is 27.8 Å². The molecule has 2 rings (SSSR count). The lowest BCUT2D eigenvalue weighted by Crippen LogP contribution is -2.38. The van der Waals surface area contributed by atoms with E-state index in [4.69, 9.17) is 0 Å². The van der Waals surface area contributed by atoms with Gasteiger partial charge in [0.25, 0.3) is 0 Å². The molecule has 0 radical (unpaired) electrons. The van der Waals surface area contributed by atoms with E-state index in [1.807, 2.05) is 12.3 Å². The first kappa shape index (κ1) is 19.6. The minimum Gasteiger partial charge on any atom is -0.356 e. The van der Waals surface area contributed by atoms with Gasteiger partial charge in [0.15, 0.2) is 11.7 Å². The zero-order valence-electron chi connectivity index (χ0n) is 14.0. The highest BCUT2D eigenvalue weighted by molar-refractivity contribution is 7.09. The van der Waals surface area contributed by atoms with E-state index in [0.29, 0.717) is 23.9 Å². The van der Waals surface area contributed by atoms with Crippen LogP contribution in [0.4, 0.5) is 13.2 Å². The third kappa shape index (κ3) is 6.62. The lowest BCUT2D eigenvalue weighted by atomic mass is 10.3. The number of aromatic nitrogens is 2. The molecular weight excluding hydrogens is 371 g/mol. The van der Waals surface area contributed by atoms with Crippen molar-refractivity contribution in [2.24, 2.45) is 4.99 Å². The predicted molar refractivity (Wildman–Crippen MR) is 95.4 cm³/mol. The van der Waals surface area contributed by atoms with E-state index in [1.165, 1.54) is 0 Å². The topological polar surface area (TPSA) is 62.2 Å². The van der Waals surface area contributed by atoms with Crippen LogP contribution in [0, 0.1) is 6.92 Å². The van der Waals surface area contributed by atoms with Crippen molar-refractivity contribution in [3.05, 3.63) is 32.2 Å². The van der Waals surface area contributed by atoms with Gasteiger partial charge in [-0.1, -0.05) is 0 Å². The second-order valence-corrected chi connectivity index (χ2v) is 7.17. The Morgan fingerprint density at radius 3 is 2.36 bits per heavy atom. The number of thiazole rings is 2. The van der Waals surface area contributed by atoms with Gasteiger partial charge in [0.1, 0.15) is 0 Å². The van der Waals surface area contributed by atoms with Gasteiger partial charge in [0, 0.05) is 49.4 Å². The van der Waals surface area contributed by atoms with Gasteiger partial charge in [-0.25, -0.2) is 9.97 Å². The largest absolute Gasteiger partial charge is 0.434 e. The normalized spacial score (nSPS) is 12.4. The maximum absolute atomic E-state index is 12.5. The minimum atomic E-state index is -4.38. The molecule has 2 aromatic heterocycles. The molecule has 10 heteroatoms. The molecule has 0 fully saturated rings. The maximum atomic E-state index is 12.5. The van der Waals surface area contributed by atoms with Crippen LogP contribution in [0.2, 0.25) is 0 Å². The van der Waals surface area contributed by atoms with Crippen molar-refractivity contribution in [1.82, 2.24) is 20.6 Å². The average molecular weight is 391 g/mol. The number of guanidine groups is 1. The fourth-order valence-electron chi connectivity index (χ4n) is 2.03. The molecular formula is C15H20F3N5S2. The van der Waals surface area contributed by atoms with Crippen molar-refractivity contribution < 1.29 is 13.2 Å². The quantitative estimate of drug-likeness (QED) is 0.432. The zero-order valence-corrected chi connectivity index (χ0v) is 15.6. The number of alkyl halides is 3. The molecule has 2 aromatic rings. The van der Waals surface area contributed by atoms with Gasteiger partial charge < -0.3 is 10.6 Å². The van der Waals surface area contributed by atoms with Crippen LogP contribution >= 0.6 is 22.7 Å². The lowest BCUT2D eigenvalue weighted by Gasteiger charge is -2.10. The van der Waals surface area contributed by atoms with Gasteiger partial charge in [-0.05, 0) is 13.3 Å². The van der Waals surface area contributed by atoms with Gasteiger partial charge in [0.05, 0.1) is 10.0 Å². The summed E-state index contributed by atoms with van der Waals surface area (Å²) >= 11 is 2.68. The van der Waals surface area contributed by atoms with Gasteiger partial charge >= 0.3 is 6.18 Å². The Hall–Kier alpha value is -1.68. The van der Waals surface area contributed by atoms with Gasteiger partial charge in [-0.3, -0.25) is 4.99 Å². The Morgan fingerprint density at radius 1 is 1.08 bits per heavy atom. The number of aryl methyl sites for hydroxylation is 2. The van der Waals surface area contributed by atoms with E-state index in [0.717, 1.165) is 46.8 Å². The number of nitrogens with zero attached hydrogens (tertiary/aromatic N) is 3. The van der Waals surface area contributed by atoms with Crippen molar-refractivity contribution in [2.45, 2.75) is 32.4 Å². The number of nitrogens with one attached hydrogen (secondary N) is 2. The molecule has 0 atom stereocenters. The summed E-state index contributed by atoms with van der Waals surface area (Å²) in [5.41, 5.74) is 0.216. The van der Waals surface area contributed by atoms with Crippen LogP contribution in [0.5, 0.6) is 0 Å². The highest BCUT2D eigenvalue weighted by Gasteiger charge is 2.33. The van der Waals surface area contributed by atoms with E-state index in [9.17, 15) is 13.2 Å². The van der Waals surface area contributed by atoms with Crippen molar-refractivity contribution >= 4 is 28.6 Å². The summed E-state index contributed by atoms with van der Waals surface area (Å²) < 4.78 is 37.5. The highest BCUT2D eigenvalue weighted by Crippen LogP contribution is 2.29. The first-order valence-corrected chi connectivity index (χ1v) is 9.51. The van der Waals surface area contributed by atoms with Crippen molar-refractivity contribution in [1.29, 1.82) is 0 Å². The van der Waals surface area contributed by atoms with Crippen LogP contribution in [0.3, 0.4) is 0 Å². The molecule has 0 amide bonds. The molecule has 2 heterocycles. The average Bonchev–Trinajstić information content (AvgIpc) is 3.18. The molecule has 2 N–H and O–H groups in total. The molecule has 5 nitrogen and oxygen atoms in total. The smallest absolute Gasteiger partial charge is 0.356 e. The van der Waals surface area contributed by atoms with E-state index < -0.39 is 11.9 Å². The molecule has 25 heavy (non-hydrogen) atoms. The summed E-state index contributed by atoms with van der Waals surface area (Å²) in [6, 6.07) is 0. The molecule has 0 aliphatic rings. The Morgan fingerprint density at radius 2 is 1.76 bits per heavy atom. The second-order valence-electron chi connectivity index (χ2n) is 5.29. The lowest BCUT2D eigenvalue weighted by molar-refractivity contribution is -0.140. The molecule has 0 saturated carbocycles. The van der Waals surface area contributed by atoms with Crippen LogP contribution in [-0.4, -0.2) is 36.1 Å². The van der Waals surface area contributed by atoms with Crippen LogP contribution in [-0.2, 0) is 19.0 Å². The third-order valence-corrected chi connectivity index (χ3v) is 5.16. The predicted octanol–water partition coefficient (Wildman–Crippen LogP) is 3.27. The third-order valence-electron chi connectivity index (χ3n) is 3.22. The minimum absolute atomic E-state index is 0.417. The molecule has 0 saturated heterocycles. The fraction of sp³-hybridized carbons (Fsp3) is 0.533. The van der Waals surface area contributed by atoms with Crippen LogP contribution < -0.4 is 10.6 Å². The van der Waals surface area contributed by atoms with Crippen molar-refractivity contribution in [3.8, 4) is 0 Å². The first-order chi connectivity index (χ1) is 11.9. The number of hydrogen-bond donors (Lipinski definition) is 2. The number of aliphatic imine (C=N–C) groups is 1. The molecule has 0 spiro atoms. The standard InChI is InChI=1S/C15H20F3N5S2/c1-10-8-24-12(22-10)4-3-6-20-14(19-2)21-7-5-13-23-11(9-25-13)15(16,17)18/h8-9H,3-7H2,1-2H3,(H2,19,20,21). The molecule has 0 aliphatic heterocycles. The van der Waals surface area contributed by atoms with Gasteiger partial charge in [-0.15, -0.1) is 22.7 Å². The Kier molecular flexibility index (Phi) is 7.18. The summed E-state index contributed by atoms with van der Waals surface area (Å²) in [7, 11) is 1.66. The van der Waals surface area contributed by atoms with Crippen LogP contribution in [0.15, 0.2) is 15.8 Å². The van der Waals surface area contributed by atoms with Crippen LogP contribution in [0.25, 0.3) is 0 Å². The second kappa shape index (κ2) is 9.14. The van der Waals surface area contributed by atoms with E-state index in [2.05, 4.69) is 25.6 Å². The van der Waals surface area contributed by atoms with E-state index in [1.54, 1.807) is 18.4 Å². The number of hydrogen-bond acceptors (Lipinski definition) is 5. The molecule has 0 aromatic carbocycles. The summed E-state index contributed by atoms with van der Waals surface area (Å²) in [4.78, 5) is 12.1. The Balaban J connectivity index is 1.65.